The molecule has 0 aliphatic rings. The lowest BCUT2D eigenvalue weighted by Gasteiger charge is -2.11. The molecule has 1 aromatic carbocycles. The molecule has 3 nitrogen and oxygen atoms in total. The highest BCUT2D eigenvalue weighted by Gasteiger charge is 2.18. The molecule has 0 saturated heterocycles. The fraction of sp³-hybridized carbons (Fsp3) is 0.182. The van der Waals surface area contributed by atoms with E-state index in [0.717, 1.165) is 12.1 Å². The van der Waals surface area contributed by atoms with Gasteiger partial charge in [0.05, 0.1) is 11.7 Å². The van der Waals surface area contributed by atoms with Gasteiger partial charge in [0.2, 0.25) is 0 Å². The van der Waals surface area contributed by atoms with Crippen LogP contribution in [0.5, 0.6) is 0 Å². The Labute approximate surface area is 90.8 Å². The summed E-state index contributed by atoms with van der Waals surface area (Å²) in [5.41, 5.74) is -0.320. The van der Waals surface area contributed by atoms with Crippen molar-refractivity contribution in [1.29, 1.82) is 0 Å². The second-order valence-electron chi connectivity index (χ2n) is 3.39. The molecule has 0 fully saturated rings. The van der Waals surface area contributed by atoms with E-state index in [9.17, 15) is 13.9 Å². The molecule has 0 aliphatic carbocycles. The highest BCUT2D eigenvalue weighted by Crippen LogP contribution is 2.22. The molecule has 2 N–H and O–H groups in total. The van der Waals surface area contributed by atoms with Crippen molar-refractivity contribution in [3.8, 4) is 0 Å². The van der Waals surface area contributed by atoms with Crippen LogP contribution in [-0.4, -0.2) is 15.1 Å². The van der Waals surface area contributed by atoms with Gasteiger partial charge in [-0.15, -0.1) is 0 Å². The van der Waals surface area contributed by atoms with Crippen molar-refractivity contribution < 1.29 is 13.9 Å². The summed E-state index contributed by atoms with van der Waals surface area (Å²) >= 11 is 0. The Morgan fingerprint density at radius 2 is 2.00 bits per heavy atom. The van der Waals surface area contributed by atoms with Crippen molar-refractivity contribution in [3.05, 3.63) is 53.6 Å². The third-order valence-corrected chi connectivity index (χ3v) is 2.27. The number of H-pyrrole nitrogens is 1. The number of rotatable bonds is 3. The van der Waals surface area contributed by atoms with E-state index in [1.54, 1.807) is 6.20 Å². The van der Waals surface area contributed by atoms with Crippen LogP contribution in [0.4, 0.5) is 8.78 Å². The molecule has 1 aromatic heterocycles. The first-order chi connectivity index (χ1) is 7.68. The molecule has 0 spiro atoms. The number of aliphatic hydroxyl groups is 1. The third kappa shape index (κ3) is 2.09. The summed E-state index contributed by atoms with van der Waals surface area (Å²) in [7, 11) is 0. The summed E-state index contributed by atoms with van der Waals surface area (Å²) < 4.78 is 26.6. The molecule has 0 amide bonds. The quantitative estimate of drug-likeness (QED) is 0.837. The number of nitrogens with zero attached hydrogens (tertiary/aromatic N) is 1. The van der Waals surface area contributed by atoms with E-state index in [4.69, 9.17) is 0 Å². The molecule has 0 saturated carbocycles. The van der Waals surface area contributed by atoms with Crippen molar-refractivity contribution in [2.75, 3.05) is 0 Å². The van der Waals surface area contributed by atoms with Crippen molar-refractivity contribution in [3.63, 3.8) is 0 Å². The van der Waals surface area contributed by atoms with Gasteiger partial charge < -0.3 is 10.1 Å². The van der Waals surface area contributed by atoms with Crippen LogP contribution in [0.3, 0.4) is 0 Å². The van der Waals surface area contributed by atoms with E-state index in [1.165, 1.54) is 12.3 Å². The van der Waals surface area contributed by atoms with Gasteiger partial charge in [-0.1, -0.05) is 6.07 Å². The number of nitrogens with one attached hydrogen (secondary N) is 1. The van der Waals surface area contributed by atoms with Crippen LogP contribution < -0.4 is 0 Å². The summed E-state index contributed by atoms with van der Waals surface area (Å²) in [4.78, 5) is 6.64. The van der Waals surface area contributed by atoms with Gasteiger partial charge in [0, 0.05) is 18.8 Å². The second-order valence-corrected chi connectivity index (χ2v) is 3.39. The maximum atomic E-state index is 13.3. The van der Waals surface area contributed by atoms with E-state index in [1.807, 2.05) is 0 Å². The van der Waals surface area contributed by atoms with Gasteiger partial charge in [-0.25, -0.2) is 13.8 Å². The molecule has 1 heterocycles. The average molecular weight is 224 g/mol. The molecule has 0 radical (unpaired) electrons. The van der Waals surface area contributed by atoms with Gasteiger partial charge in [-0.3, -0.25) is 0 Å². The minimum atomic E-state index is -1.24. The van der Waals surface area contributed by atoms with Crippen LogP contribution in [0.2, 0.25) is 0 Å². The number of hydrogen-bond acceptors (Lipinski definition) is 2. The fourth-order valence-electron chi connectivity index (χ4n) is 1.52. The number of hydrogen-bond donors (Lipinski definition) is 2. The van der Waals surface area contributed by atoms with Gasteiger partial charge >= 0.3 is 0 Å². The molecule has 2 aromatic rings. The number of benzene rings is 1. The maximum Gasteiger partial charge on any atom is 0.131 e. The Bertz CT molecular complexity index is 451. The minimum Gasteiger partial charge on any atom is -0.388 e. The van der Waals surface area contributed by atoms with E-state index in [-0.39, 0.29) is 12.0 Å². The SMILES string of the molecule is OC(Cc1ncc[nH]1)c1c(F)cccc1F. The van der Waals surface area contributed by atoms with Gasteiger partial charge in [0.25, 0.3) is 0 Å². The fourth-order valence-corrected chi connectivity index (χ4v) is 1.52. The largest absolute Gasteiger partial charge is 0.388 e. The summed E-state index contributed by atoms with van der Waals surface area (Å²) in [5, 5.41) is 9.71. The van der Waals surface area contributed by atoms with E-state index in [2.05, 4.69) is 9.97 Å². The monoisotopic (exact) mass is 224 g/mol. The highest BCUT2D eigenvalue weighted by atomic mass is 19.1. The van der Waals surface area contributed by atoms with E-state index < -0.39 is 17.7 Å². The Balaban J connectivity index is 2.24. The first-order valence-corrected chi connectivity index (χ1v) is 4.78. The van der Waals surface area contributed by atoms with Crippen molar-refractivity contribution in [1.82, 2.24) is 9.97 Å². The van der Waals surface area contributed by atoms with Gasteiger partial charge in [0.15, 0.2) is 0 Å². The predicted octanol–water partition coefficient (Wildman–Crippen LogP) is 1.96. The van der Waals surface area contributed by atoms with Crippen LogP contribution >= 0.6 is 0 Å². The highest BCUT2D eigenvalue weighted by molar-refractivity contribution is 5.22. The zero-order valence-electron chi connectivity index (χ0n) is 8.32. The van der Waals surface area contributed by atoms with E-state index in [0.29, 0.717) is 5.82 Å². The molecular weight excluding hydrogens is 214 g/mol. The van der Waals surface area contributed by atoms with Crippen LogP contribution in [-0.2, 0) is 6.42 Å². The number of aromatic amines is 1. The van der Waals surface area contributed by atoms with Crippen molar-refractivity contribution in [2.45, 2.75) is 12.5 Å². The molecule has 0 aliphatic heterocycles. The Morgan fingerprint density at radius 3 is 2.56 bits per heavy atom. The summed E-state index contributed by atoms with van der Waals surface area (Å²) in [5.74, 6) is -1.02. The number of imidazole rings is 1. The van der Waals surface area contributed by atoms with Crippen molar-refractivity contribution in [2.24, 2.45) is 0 Å². The zero-order valence-corrected chi connectivity index (χ0v) is 8.32. The molecule has 2 rings (SSSR count). The Morgan fingerprint density at radius 1 is 1.31 bits per heavy atom. The first kappa shape index (κ1) is 10.8. The number of halogens is 2. The molecule has 1 unspecified atom stereocenters. The summed E-state index contributed by atoms with van der Waals surface area (Å²) in [6.45, 7) is 0. The molecule has 0 bridgehead atoms. The van der Waals surface area contributed by atoms with E-state index >= 15 is 0 Å². The molecule has 16 heavy (non-hydrogen) atoms. The first-order valence-electron chi connectivity index (χ1n) is 4.78. The lowest BCUT2D eigenvalue weighted by Crippen LogP contribution is -2.08. The number of aliphatic hydroxyl groups excluding tert-OH is 1. The Hall–Kier alpha value is -1.75. The van der Waals surface area contributed by atoms with Gasteiger partial charge in [0.1, 0.15) is 17.5 Å². The summed E-state index contributed by atoms with van der Waals surface area (Å²) in [6, 6.07) is 3.49. The van der Waals surface area contributed by atoms with Crippen LogP contribution in [0.25, 0.3) is 0 Å². The van der Waals surface area contributed by atoms with Gasteiger partial charge in [-0.05, 0) is 12.1 Å². The second kappa shape index (κ2) is 4.40. The topological polar surface area (TPSA) is 48.9 Å². The third-order valence-electron chi connectivity index (χ3n) is 2.27. The van der Waals surface area contributed by atoms with Gasteiger partial charge in [-0.2, -0.15) is 0 Å². The lowest BCUT2D eigenvalue weighted by molar-refractivity contribution is 0.166. The summed E-state index contributed by atoms with van der Waals surface area (Å²) in [6.07, 6.45) is 1.90. The minimum absolute atomic E-state index is 0.0465. The number of aromatic nitrogens is 2. The predicted molar refractivity (Wildman–Crippen MR) is 53.6 cm³/mol. The van der Waals surface area contributed by atoms with Crippen molar-refractivity contribution >= 4 is 0 Å². The average Bonchev–Trinajstić information content (AvgIpc) is 2.70. The smallest absolute Gasteiger partial charge is 0.131 e. The normalized spacial score (nSPS) is 12.7. The Kier molecular flexibility index (Phi) is 2.96. The van der Waals surface area contributed by atoms with Crippen LogP contribution in [0, 0.1) is 11.6 Å². The standard InChI is InChI=1S/C11H10F2N2O/c12-7-2-1-3-8(13)11(7)9(16)6-10-14-4-5-15-10/h1-5,9,16H,6H2,(H,14,15). The zero-order chi connectivity index (χ0) is 11.5. The van der Waals surface area contributed by atoms with Crippen LogP contribution in [0.1, 0.15) is 17.5 Å². The molecule has 84 valence electrons. The molecule has 1 atom stereocenters. The molecular formula is C11H10F2N2O. The lowest BCUT2D eigenvalue weighted by atomic mass is 10.1. The maximum absolute atomic E-state index is 13.3. The molecule has 5 heteroatoms. The van der Waals surface area contributed by atoms with Crippen LogP contribution in [0.15, 0.2) is 30.6 Å².